The SMILES string of the molecule is COc1ccc(Cl)cc1N(CC(=O)N(Cc1ccc(F)cc1)C(Cc1ccccc1)C(=O)NC(C)(C)C)S(C)(=O)=O. The topological polar surface area (TPSA) is 96.0 Å². The molecule has 1 atom stereocenters. The molecule has 0 saturated carbocycles. The second kappa shape index (κ2) is 13.4. The maximum Gasteiger partial charge on any atom is 0.244 e. The van der Waals surface area contributed by atoms with Gasteiger partial charge in [-0.2, -0.15) is 0 Å². The zero-order valence-corrected chi connectivity index (χ0v) is 25.3. The second-order valence-electron chi connectivity index (χ2n) is 10.7. The van der Waals surface area contributed by atoms with E-state index in [9.17, 15) is 22.4 Å². The Labute approximate surface area is 246 Å². The Hall–Kier alpha value is -3.63. The second-order valence-corrected chi connectivity index (χ2v) is 13.0. The lowest BCUT2D eigenvalue weighted by atomic mass is 10.0. The molecular weight excluding hydrogens is 569 g/mol. The number of carbonyl (C=O) groups excluding carboxylic acids is 2. The summed E-state index contributed by atoms with van der Waals surface area (Å²) < 4.78 is 45.9. The quantitative estimate of drug-likeness (QED) is 0.339. The van der Waals surface area contributed by atoms with E-state index in [1.165, 1.54) is 48.4 Å². The molecule has 0 aliphatic rings. The van der Waals surface area contributed by atoms with Crippen molar-refractivity contribution in [1.29, 1.82) is 0 Å². The molecule has 0 fully saturated rings. The molecule has 3 aromatic carbocycles. The number of ether oxygens (including phenoxy) is 1. The summed E-state index contributed by atoms with van der Waals surface area (Å²) in [6.07, 6.45) is 1.13. The van der Waals surface area contributed by atoms with Crippen LogP contribution in [0.2, 0.25) is 5.02 Å². The Bertz CT molecular complexity index is 1460. The highest BCUT2D eigenvalue weighted by Crippen LogP contribution is 2.33. The van der Waals surface area contributed by atoms with Crippen LogP contribution in [0, 0.1) is 5.82 Å². The van der Waals surface area contributed by atoms with Crippen molar-refractivity contribution < 1.29 is 27.1 Å². The predicted molar refractivity (Wildman–Crippen MR) is 159 cm³/mol. The number of anilines is 1. The number of carbonyl (C=O) groups is 2. The number of hydrogen-bond acceptors (Lipinski definition) is 5. The van der Waals surface area contributed by atoms with Gasteiger partial charge in [-0.15, -0.1) is 0 Å². The van der Waals surface area contributed by atoms with E-state index in [1.807, 2.05) is 51.1 Å². The third-order valence-corrected chi connectivity index (χ3v) is 7.49. The molecule has 0 radical (unpaired) electrons. The van der Waals surface area contributed by atoms with Crippen LogP contribution in [0.15, 0.2) is 72.8 Å². The minimum atomic E-state index is -4.01. The summed E-state index contributed by atoms with van der Waals surface area (Å²) in [5, 5.41) is 3.20. The van der Waals surface area contributed by atoms with Crippen molar-refractivity contribution in [3.63, 3.8) is 0 Å². The molecule has 0 heterocycles. The van der Waals surface area contributed by atoms with Gasteiger partial charge >= 0.3 is 0 Å². The van der Waals surface area contributed by atoms with Gasteiger partial charge in [0.2, 0.25) is 21.8 Å². The van der Waals surface area contributed by atoms with Gasteiger partial charge in [0.25, 0.3) is 0 Å². The fourth-order valence-electron chi connectivity index (χ4n) is 4.25. The molecule has 220 valence electrons. The highest BCUT2D eigenvalue weighted by molar-refractivity contribution is 7.92. The molecule has 2 amide bonds. The van der Waals surface area contributed by atoms with E-state index < -0.39 is 45.8 Å². The van der Waals surface area contributed by atoms with Gasteiger partial charge in [0.1, 0.15) is 24.2 Å². The number of rotatable bonds is 11. The Balaban J connectivity index is 2.11. The number of halogens is 2. The largest absolute Gasteiger partial charge is 0.495 e. The molecule has 0 aliphatic carbocycles. The van der Waals surface area contributed by atoms with Crippen LogP contribution >= 0.6 is 11.6 Å². The van der Waals surface area contributed by atoms with E-state index in [0.29, 0.717) is 5.56 Å². The van der Waals surface area contributed by atoms with E-state index in [0.717, 1.165) is 16.1 Å². The van der Waals surface area contributed by atoms with Gasteiger partial charge in [0.15, 0.2) is 0 Å². The van der Waals surface area contributed by atoms with E-state index in [-0.39, 0.29) is 29.4 Å². The highest BCUT2D eigenvalue weighted by atomic mass is 35.5. The van der Waals surface area contributed by atoms with Crippen molar-refractivity contribution in [2.75, 3.05) is 24.2 Å². The Morgan fingerprint density at radius 3 is 2.20 bits per heavy atom. The summed E-state index contributed by atoms with van der Waals surface area (Å²) in [4.78, 5) is 29.2. The molecule has 1 N–H and O–H groups in total. The minimum Gasteiger partial charge on any atom is -0.495 e. The first-order valence-corrected chi connectivity index (χ1v) is 15.1. The van der Waals surface area contributed by atoms with Gasteiger partial charge in [-0.1, -0.05) is 54.1 Å². The van der Waals surface area contributed by atoms with Crippen molar-refractivity contribution in [2.24, 2.45) is 0 Å². The first kappa shape index (κ1) is 31.9. The van der Waals surface area contributed by atoms with Crippen LogP contribution in [-0.2, 0) is 32.6 Å². The molecule has 3 aromatic rings. The van der Waals surface area contributed by atoms with Crippen molar-refractivity contribution in [3.8, 4) is 5.75 Å². The molecule has 0 saturated heterocycles. The van der Waals surface area contributed by atoms with Crippen LogP contribution in [0.5, 0.6) is 5.75 Å². The monoisotopic (exact) mass is 603 g/mol. The number of hydrogen-bond donors (Lipinski definition) is 1. The van der Waals surface area contributed by atoms with E-state index >= 15 is 0 Å². The van der Waals surface area contributed by atoms with Crippen molar-refractivity contribution >= 4 is 39.1 Å². The molecule has 8 nitrogen and oxygen atoms in total. The van der Waals surface area contributed by atoms with E-state index in [4.69, 9.17) is 16.3 Å². The van der Waals surface area contributed by atoms with Crippen LogP contribution in [-0.4, -0.2) is 56.6 Å². The van der Waals surface area contributed by atoms with Crippen LogP contribution in [0.25, 0.3) is 0 Å². The zero-order chi connectivity index (χ0) is 30.4. The smallest absolute Gasteiger partial charge is 0.244 e. The highest BCUT2D eigenvalue weighted by Gasteiger charge is 2.35. The van der Waals surface area contributed by atoms with Crippen LogP contribution in [0.4, 0.5) is 10.1 Å². The molecule has 11 heteroatoms. The third-order valence-electron chi connectivity index (χ3n) is 6.12. The number of sulfonamides is 1. The number of nitrogens with one attached hydrogen (secondary N) is 1. The summed E-state index contributed by atoms with van der Waals surface area (Å²) in [6, 6.07) is 18.2. The fraction of sp³-hybridized carbons (Fsp3) is 0.333. The average Bonchev–Trinajstić information content (AvgIpc) is 2.89. The van der Waals surface area contributed by atoms with E-state index in [1.54, 1.807) is 6.07 Å². The van der Waals surface area contributed by atoms with Gasteiger partial charge < -0.3 is 15.0 Å². The predicted octanol–water partition coefficient (Wildman–Crippen LogP) is 4.81. The Morgan fingerprint density at radius 2 is 1.63 bits per heavy atom. The number of nitrogens with zero attached hydrogens (tertiary/aromatic N) is 2. The van der Waals surface area contributed by atoms with Crippen LogP contribution in [0.1, 0.15) is 31.9 Å². The third kappa shape index (κ3) is 9.19. The van der Waals surface area contributed by atoms with Crippen molar-refractivity contribution in [1.82, 2.24) is 10.2 Å². The Kier molecular flexibility index (Phi) is 10.4. The molecule has 3 rings (SSSR count). The summed E-state index contributed by atoms with van der Waals surface area (Å²) in [6.45, 7) is 4.78. The van der Waals surface area contributed by atoms with Gasteiger partial charge in [-0.25, -0.2) is 12.8 Å². The van der Waals surface area contributed by atoms with Gasteiger partial charge in [0.05, 0.1) is 19.1 Å². The fourth-order valence-corrected chi connectivity index (χ4v) is 5.26. The van der Waals surface area contributed by atoms with Gasteiger partial charge in [-0.05, 0) is 62.2 Å². The lowest BCUT2D eigenvalue weighted by Gasteiger charge is -2.35. The minimum absolute atomic E-state index is 0.0710. The number of methoxy groups -OCH3 is 1. The summed E-state index contributed by atoms with van der Waals surface area (Å²) >= 11 is 6.17. The molecule has 0 bridgehead atoms. The van der Waals surface area contributed by atoms with Crippen molar-refractivity contribution in [3.05, 3.63) is 94.8 Å². The maximum absolute atomic E-state index is 14.1. The molecule has 0 aromatic heterocycles. The lowest BCUT2D eigenvalue weighted by molar-refractivity contribution is -0.140. The van der Waals surface area contributed by atoms with Crippen LogP contribution < -0.4 is 14.4 Å². The molecule has 41 heavy (non-hydrogen) atoms. The summed E-state index contributed by atoms with van der Waals surface area (Å²) in [5.41, 5.74) is 0.836. The summed E-state index contributed by atoms with van der Waals surface area (Å²) in [7, 11) is -2.63. The average molecular weight is 604 g/mol. The van der Waals surface area contributed by atoms with Crippen molar-refractivity contribution in [2.45, 2.75) is 45.3 Å². The lowest BCUT2D eigenvalue weighted by Crippen LogP contribution is -2.56. The van der Waals surface area contributed by atoms with E-state index in [2.05, 4.69) is 5.32 Å². The molecule has 0 aliphatic heterocycles. The van der Waals surface area contributed by atoms with Gasteiger partial charge in [0, 0.05) is 23.5 Å². The molecule has 0 spiro atoms. The van der Waals surface area contributed by atoms with Gasteiger partial charge in [-0.3, -0.25) is 13.9 Å². The normalized spacial score (nSPS) is 12.4. The first-order chi connectivity index (χ1) is 19.2. The molecule has 1 unspecified atom stereocenters. The maximum atomic E-state index is 14.1. The number of amides is 2. The Morgan fingerprint density at radius 1 is 1.00 bits per heavy atom. The number of benzene rings is 3. The summed E-state index contributed by atoms with van der Waals surface area (Å²) in [5.74, 6) is -1.31. The zero-order valence-electron chi connectivity index (χ0n) is 23.7. The standard InChI is InChI=1S/C30H35ClFN3O5S/c1-30(2,3)33-29(37)26(17-21-9-7-6-8-10-21)34(19-22-11-14-24(32)15-12-22)28(36)20-35(41(5,38)39)25-18-23(31)13-16-27(25)40-4/h6-16,18,26H,17,19-20H2,1-5H3,(H,33,37). The van der Waals surface area contributed by atoms with Crippen LogP contribution in [0.3, 0.4) is 0 Å². The first-order valence-electron chi connectivity index (χ1n) is 12.9. The molecular formula is C30H35ClFN3O5S.